The van der Waals surface area contributed by atoms with Crippen molar-refractivity contribution in [3.05, 3.63) is 0 Å². The molecule has 0 fully saturated rings. The lowest BCUT2D eigenvalue weighted by molar-refractivity contribution is 0.370. The highest BCUT2D eigenvalue weighted by Crippen LogP contribution is 1.90. The van der Waals surface area contributed by atoms with Crippen molar-refractivity contribution in [2.75, 3.05) is 27.2 Å². The van der Waals surface area contributed by atoms with Crippen LogP contribution in [0.4, 0.5) is 0 Å². The molecule has 0 rings (SSSR count). The molecule has 3 heteroatoms. The molecule has 0 amide bonds. The Balaban J connectivity index is 3.23. The summed E-state index contributed by atoms with van der Waals surface area (Å²) >= 11 is 0. The molecule has 0 radical (unpaired) electrons. The average Bonchev–Trinajstić information content (AvgIpc) is 1.97. The van der Waals surface area contributed by atoms with Gasteiger partial charge >= 0.3 is 0 Å². The van der Waals surface area contributed by atoms with Gasteiger partial charge in [-0.2, -0.15) is 5.26 Å². The van der Waals surface area contributed by atoms with E-state index < -0.39 is 0 Å². The highest BCUT2D eigenvalue weighted by atomic mass is 15.1. The molecule has 0 saturated carbocycles. The molecule has 0 saturated heterocycles. The van der Waals surface area contributed by atoms with Crippen LogP contribution in [0.5, 0.6) is 0 Å². The monoisotopic (exact) mass is 155 g/mol. The van der Waals surface area contributed by atoms with E-state index in [0.29, 0.717) is 12.6 Å². The molecule has 0 heterocycles. The van der Waals surface area contributed by atoms with Gasteiger partial charge in [0, 0.05) is 6.04 Å². The number of nitriles is 1. The third-order valence-corrected chi connectivity index (χ3v) is 1.54. The summed E-state index contributed by atoms with van der Waals surface area (Å²) in [6, 6.07) is 2.50. The van der Waals surface area contributed by atoms with Gasteiger partial charge in [-0.05, 0) is 34.0 Å². The normalized spacial score (nSPS) is 13.0. The van der Waals surface area contributed by atoms with Crippen LogP contribution in [0.15, 0.2) is 0 Å². The zero-order valence-electron chi connectivity index (χ0n) is 7.59. The first-order valence-corrected chi connectivity index (χ1v) is 3.92. The minimum absolute atomic E-state index is 0.442. The lowest BCUT2D eigenvalue weighted by Crippen LogP contribution is -2.29. The summed E-state index contributed by atoms with van der Waals surface area (Å²) in [4.78, 5) is 2.14. The van der Waals surface area contributed by atoms with Crippen molar-refractivity contribution in [3.63, 3.8) is 0 Å². The molecule has 0 aromatic rings. The third-order valence-electron chi connectivity index (χ3n) is 1.54. The topological polar surface area (TPSA) is 39.1 Å². The number of nitrogens with one attached hydrogen (secondary N) is 1. The fraction of sp³-hybridized carbons (Fsp3) is 0.875. The molecule has 0 spiro atoms. The van der Waals surface area contributed by atoms with Gasteiger partial charge in [0.25, 0.3) is 0 Å². The summed E-state index contributed by atoms with van der Waals surface area (Å²) < 4.78 is 0. The Morgan fingerprint density at radius 2 is 2.18 bits per heavy atom. The Labute approximate surface area is 69.0 Å². The lowest BCUT2D eigenvalue weighted by atomic mass is 10.2. The fourth-order valence-corrected chi connectivity index (χ4v) is 0.774. The molecule has 0 aromatic carbocycles. The SMILES string of the molecule is CC(CCN(C)C)NCC#N. The van der Waals surface area contributed by atoms with Gasteiger partial charge in [-0.3, -0.25) is 0 Å². The molecule has 0 bridgehead atoms. The summed E-state index contributed by atoms with van der Waals surface area (Å²) in [7, 11) is 4.11. The van der Waals surface area contributed by atoms with Crippen molar-refractivity contribution in [3.8, 4) is 6.07 Å². The molecule has 0 aliphatic rings. The molecule has 1 N–H and O–H groups in total. The highest BCUT2D eigenvalue weighted by molar-refractivity contribution is 4.75. The summed E-state index contributed by atoms with van der Waals surface area (Å²) in [5.74, 6) is 0. The molecule has 0 aliphatic heterocycles. The van der Waals surface area contributed by atoms with E-state index in [1.807, 2.05) is 0 Å². The Morgan fingerprint density at radius 3 is 2.64 bits per heavy atom. The Morgan fingerprint density at radius 1 is 1.55 bits per heavy atom. The summed E-state index contributed by atoms with van der Waals surface area (Å²) in [6.45, 7) is 3.62. The molecule has 0 aromatic heterocycles. The average molecular weight is 155 g/mol. The van der Waals surface area contributed by atoms with Gasteiger partial charge in [-0.1, -0.05) is 0 Å². The van der Waals surface area contributed by atoms with Crippen molar-refractivity contribution < 1.29 is 0 Å². The minimum Gasteiger partial charge on any atom is -0.309 e. The van der Waals surface area contributed by atoms with E-state index in [1.54, 1.807) is 0 Å². The third kappa shape index (κ3) is 7.31. The van der Waals surface area contributed by atoms with Crippen LogP contribution in [-0.2, 0) is 0 Å². The minimum atomic E-state index is 0.442. The zero-order valence-corrected chi connectivity index (χ0v) is 7.59. The first-order chi connectivity index (χ1) is 5.16. The van der Waals surface area contributed by atoms with Crippen LogP contribution in [0.2, 0.25) is 0 Å². The van der Waals surface area contributed by atoms with E-state index in [9.17, 15) is 0 Å². The molecule has 1 unspecified atom stereocenters. The number of nitrogens with zero attached hydrogens (tertiary/aromatic N) is 2. The van der Waals surface area contributed by atoms with Crippen molar-refractivity contribution in [2.45, 2.75) is 19.4 Å². The van der Waals surface area contributed by atoms with Crippen LogP contribution < -0.4 is 5.32 Å². The van der Waals surface area contributed by atoms with Gasteiger partial charge in [0.1, 0.15) is 0 Å². The maximum Gasteiger partial charge on any atom is 0.0843 e. The highest BCUT2D eigenvalue weighted by Gasteiger charge is 1.99. The number of hydrogen-bond donors (Lipinski definition) is 1. The fourth-order valence-electron chi connectivity index (χ4n) is 0.774. The van der Waals surface area contributed by atoms with Crippen LogP contribution in [-0.4, -0.2) is 38.1 Å². The first-order valence-electron chi connectivity index (χ1n) is 3.92. The van der Waals surface area contributed by atoms with Crippen LogP contribution in [0, 0.1) is 11.3 Å². The molecule has 1 atom stereocenters. The Bertz CT molecular complexity index is 126. The van der Waals surface area contributed by atoms with Crippen LogP contribution >= 0.6 is 0 Å². The molecule has 11 heavy (non-hydrogen) atoms. The van der Waals surface area contributed by atoms with Crippen molar-refractivity contribution >= 4 is 0 Å². The van der Waals surface area contributed by atoms with E-state index in [-0.39, 0.29) is 0 Å². The maximum absolute atomic E-state index is 8.27. The van der Waals surface area contributed by atoms with Crippen LogP contribution in [0.25, 0.3) is 0 Å². The standard InChI is InChI=1S/C8H17N3/c1-8(10-6-5-9)4-7-11(2)3/h8,10H,4,6-7H2,1-3H3. The van der Waals surface area contributed by atoms with E-state index in [1.165, 1.54) is 0 Å². The van der Waals surface area contributed by atoms with E-state index in [4.69, 9.17) is 5.26 Å². The molecular weight excluding hydrogens is 138 g/mol. The second-order valence-corrected chi connectivity index (χ2v) is 3.03. The zero-order chi connectivity index (χ0) is 8.69. The van der Waals surface area contributed by atoms with Crippen molar-refractivity contribution in [2.24, 2.45) is 0 Å². The maximum atomic E-state index is 8.27. The van der Waals surface area contributed by atoms with Gasteiger partial charge in [-0.15, -0.1) is 0 Å². The van der Waals surface area contributed by atoms with Gasteiger partial charge in [0.15, 0.2) is 0 Å². The molecular formula is C8H17N3. The van der Waals surface area contributed by atoms with E-state index >= 15 is 0 Å². The van der Waals surface area contributed by atoms with Gasteiger partial charge in [-0.25, -0.2) is 0 Å². The largest absolute Gasteiger partial charge is 0.309 e. The molecule has 0 aliphatic carbocycles. The lowest BCUT2D eigenvalue weighted by Gasteiger charge is -2.14. The molecule has 3 nitrogen and oxygen atoms in total. The Hall–Kier alpha value is -0.590. The summed E-state index contributed by atoms with van der Waals surface area (Å²) in [5.41, 5.74) is 0. The second-order valence-electron chi connectivity index (χ2n) is 3.03. The van der Waals surface area contributed by atoms with E-state index in [2.05, 4.69) is 37.3 Å². The van der Waals surface area contributed by atoms with Crippen molar-refractivity contribution in [1.29, 1.82) is 5.26 Å². The van der Waals surface area contributed by atoms with Crippen LogP contribution in [0.1, 0.15) is 13.3 Å². The second kappa shape index (κ2) is 6.14. The van der Waals surface area contributed by atoms with Crippen molar-refractivity contribution in [1.82, 2.24) is 10.2 Å². The van der Waals surface area contributed by atoms with Gasteiger partial charge in [0.2, 0.25) is 0 Å². The number of hydrogen-bond acceptors (Lipinski definition) is 3. The van der Waals surface area contributed by atoms with E-state index in [0.717, 1.165) is 13.0 Å². The predicted molar refractivity (Wildman–Crippen MR) is 46.2 cm³/mol. The number of rotatable bonds is 5. The Kier molecular flexibility index (Phi) is 5.81. The molecule has 64 valence electrons. The van der Waals surface area contributed by atoms with Crippen LogP contribution in [0.3, 0.4) is 0 Å². The first kappa shape index (κ1) is 10.4. The predicted octanol–water partition coefficient (Wildman–Crippen LogP) is 0.440. The summed E-state index contributed by atoms with van der Waals surface area (Å²) in [5, 5.41) is 11.4. The smallest absolute Gasteiger partial charge is 0.0843 e. The van der Waals surface area contributed by atoms with Gasteiger partial charge < -0.3 is 10.2 Å². The summed E-state index contributed by atoms with van der Waals surface area (Å²) in [6.07, 6.45) is 1.09. The quantitative estimate of drug-likeness (QED) is 0.585. The van der Waals surface area contributed by atoms with Gasteiger partial charge in [0.05, 0.1) is 12.6 Å².